The Kier molecular flexibility index (Phi) is 7.89. The monoisotopic (exact) mass is 407 g/mol. The Bertz CT molecular complexity index is 754. The predicted molar refractivity (Wildman–Crippen MR) is 103 cm³/mol. The van der Waals surface area contributed by atoms with Crippen LogP contribution in [0.4, 0.5) is 4.79 Å². The lowest BCUT2D eigenvalue weighted by molar-refractivity contribution is -0.121. The van der Waals surface area contributed by atoms with Gasteiger partial charge < -0.3 is 29.2 Å². The maximum absolute atomic E-state index is 12.5. The standard InChI is InChI=1S/C19H26BNO8/c1-5-7-16(22)21-15-10-13-8-6-9-14(17(13)29-20(15)25)18(23)27-12(4)28-19(24)26-11(2)3/h6,8-9,11-12,15,25H,5,7,10H2,1-4H3,(H,21,22)/t12?,15-/m0/s1. The summed E-state index contributed by atoms with van der Waals surface area (Å²) in [7, 11) is -1.31. The normalized spacial score (nSPS) is 16.3. The molecule has 1 aliphatic rings. The van der Waals surface area contributed by atoms with E-state index in [-0.39, 0.29) is 23.3 Å². The fourth-order valence-electron chi connectivity index (χ4n) is 2.81. The summed E-state index contributed by atoms with van der Waals surface area (Å²) in [5.41, 5.74) is 0.715. The van der Waals surface area contributed by atoms with Crippen molar-refractivity contribution in [3.05, 3.63) is 29.3 Å². The minimum Gasteiger partial charge on any atom is -0.534 e. The lowest BCUT2D eigenvalue weighted by Crippen LogP contribution is -2.53. The Morgan fingerprint density at radius 2 is 1.97 bits per heavy atom. The zero-order chi connectivity index (χ0) is 21.6. The van der Waals surface area contributed by atoms with Gasteiger partial charge in [0.15, 0.2) is 0 Å². The van der Waals surface area contributed by atoms with Crippen molar-refractivity contribution in [2.24, 2.45) is 0 Å². The minimum atomic E-state index is -1.31. The van der Waals surface area contributed by atoms with Crippen molar-refractivity contribution in [3.63, 3.8) is 0 Å². The summed E-state index contributed by atoms with van der Waals surface area (Å²) in [6.07, 6.45) is -1.17. The zero-order valence-corrected chi connectivity index (χ0v) is 17.0. The highest BCUT2D eigenvalue weighted by molar-refractivity contribution is 6.47. The molecule has 1 amide bonds. The van der Waals surface area contributed by atoms with Gasteiger partial charge in [-0.25, -0.2) is 9.59 Å². The SMILES string of the molecule is CCCC(=O)N[C@H]1Cc2cccc(C(=O)OC(C)OC(=O)OC(C)C)c2OB1O. The summed E-state index contributed by atoms with van der Waals surface area (Å²) in [6, 6.07) is 4.85. The summed E-state index contributed by atoms with van der Waals surface area (Å²) in [5, 5.41) is 13.0. The first-order valence-corrected chi connectivity index (χ1v) is 9.55. The molecule has 1 heterocycles. The quantitative estimate of drug-likeness (QED) is 0.400. The fourth-order valence-corrected chi connectivity index (χ4v) is 2.81. The average molecular weight is 407 g/mol. The summed E-state index contributed by atoms with van der Waals surface area (Å²) in [5.74, 6) is -1.42. The molecule has 0 bridgehead atoms. The van der Waals surface area contributed by atoms with E-state index in [2.05, 4.69) is 5.32 Å². The third kappa shape index (κ3) is 6.38. The minimum absolute atomic E-state index is 0.0764. The molecule has 9 nitrogen and oxygen atoms in total. The van der Waals surface area contributed by atoms with Crippen LogP contribution >= 0.6 is 0 Å². The summed E-state index contributed by atoms with van der Waals surface area (Å²) >= 11 is 0. The molecule has 29 heavy (non-hydrogen) atoms. The lowest BCUT2D eigenvalue weighted by Gasteiger charge is -2.29. The summed E-state index contributed by atoms with van der Waals surface area (Å²) in [6.45, 7) is 6.58. The molecule has 2 atom stereocenters. The molecule has 0 fully saturated rings. The number of ether oxygens (including phenoxy) is 3. The number of fused-ring (bicyclic) bond motifs is 1. The van der Waals surface area contributed by atoms with Crippen LogP contribution in [-0.2, 0) is 25.4 Å². The van der Waals surface area contributed by atoms with Gasteiger partial charge in [0.05, 0.1) is 12.0 Å². The molecule has 10 heteroatoms. The molecule has 0 aliphatic carbocycles. The highest BCUT2D eigenvalue weighted by atomic mass is 16.8. The highest BCUT2D eigenvalue weighted by Gasteiger charge is 2.38. The molecule has 1 unspecified atom stereocenters. The summed E-state index contributed by atoms with van der Waals surface area (Å²) < 4.78 is 20.3. The first-order chi connectivity index (χ1) is 13.7. The molecule has 2 N–H and O–H groups in total. The second-order valence-corrected chi connectivity index (χ2v) is 6.94. The number of carbonyl (C=O) groups excluding carboxylic acids is 3. The van der Waals surface area contributed by atoms with Crippen molar-refractivity contribution >= 4 is 25.2 Å². The smallest absolute Gasteiger partial charge is 0.534 e. The van der Waals surface area contributed by atoms with E-state index in [1.165, 1.54) is 13.0 Å². The van der Waals surface area contributed by atoms with Crippen LogP contribution in [0.2, 0.25) is 0 Å². The van der Waals surface area contributed by atoms with Gasteiger partial charge in [-0.15, -0.1) is 0 Å². The van der Waals surface area contributed by atoms with Crippen LogP contribution in [0.5, 0.6) is 5.75 Å². The molecule has 1 aliphatic heterocycles. The molecular weight excluding hydrogens is 381 g/mol. The van der Waals surface area contributed by atoms with E-state index in [0.717, 1.165) is 0 Å². The van der Waals surface area contributed by atoms with E-state index >= 15 is 0 Å². The number of hydrogen-bond acceptors (Lipinski definition) is 8. The van der Waals surface area contributed by atoms with Crippen LogP contribution < -0.4 is 9.97 Å². The van der Waals surface area contributed by atoms with Gasteiger partial charge in [-0.1, -0.05) is 19.1 Å². The maximum atomic E-state index is 12.5. The molecule has 0 saturated heterocycles. The third-order valence-corrected chi connectivity index (χ3v) is 4.03. The molecule has 0 aromatic heterocycles. The predicted octanol–water partition coefficient (Wildman–Crippen LogP) is 1.99. The highest BCUT2D eigenvalue weighted by Crippen LogP contribution is 2.31. The number of carbonyl (C=O) groups is 3. The van der Waals surface area contributed by atoms with Crippen molar-refractivity contribution < 1.29 is 38.3 Å². The Morgan fingerprint density at radius 3 is 2.62 bits per heavy atom. The topological polar surface area (TPSA) is 120 Å². The van der Waals surface area contributed by atoms with Crippen LogP contribution in [-0.4, -0.2) is 48.5 Å². The van der Waals surface area contributed by atoms with Gasteiger partial charge in [0.25, 0.3) is 0 Å². The molecular formula is C19H26BNO8. The van der Waals surface area contributed by atoms with Gasteiger partial charge in [0, 0.05) is 13.3 Å². The zero-order valence-electron chi connectivity index (χ0n) is 17.0. The van der Waals surface area contributed by atoms with Crippen LogP contribution in [0.1, 0.15) is 56.5 Å². The number of benzene rings is 1. The molecule has 0 radical (unpaired) electrons. The molecule has 0 spiro atoms. The fraction of sp³-hybridized carbons (Fsp3) is 0.526. The first-order valence-electron chi connectivity index (χ1n) is 9.55. The second kappa shape index (κ2) is 10.2. The Hall–Kier alpha value is -2.75. The van der Waals surface area contributed by atoms with Crippen molar-refractivity contribution in [1.82, 2.24) is 5.32 Å². The van der Waals surface area contributed by atoms with Crippen LogP contribution in [0, 0.1) is 0 Å². The van der Waals surface area contributed by atoms with Crippen molar-refractivity contribution in [2.45, 2.75) is 65.3 Å². The Morgan fingerprint density at radius 1 is 1.24 bits per heavy atom. The van der Waals surface area contributed by atoms with E-state index in [1.54, 1.807) is 26.0 Å². The van der Waals surface area contributed by atoms with Gasteiger partial charge in [-0.05, 0) is 38.3 Å². The van der Waals surface area contributed by atoms with E-state index in [4.69, 9.17) is 18.9 Å². The van der Waals surface area contributed by atoms with Gasteiger partial charge >= 0.3 is 19.2 Å². The molecule has 158 valence electrons. The molecule has 2 rings (SSSR count). The van der Waals surface area contributed by atoms with Gasteiger partial charge in [-0.3, -0.25) is 4.79 Å². The van der Waals surface area contributed by atoms with Gasteiger partial charge in [0.1, 0.15) is 11.3 Å². The molecule has 1 aromatic rings. The van der Waals surface area contributed by atoms with Crippen LogP contribution in [0.25, 0.3) is 0 Å². The number of esters is 1. The number of hydrogen-bond donors (Lipinski definition) is 2. The van der Waals surface area contributed by atoms with Gasteiger partial charge in [0.2, 0.25) is 12.2 Å². The van der Waals surface area contributed by atoms with Crippen molar-refractivity contribution in [1.29, 1.82) is 0 Å². The van der Waals surface area contributed by atoms with E-state index in [9.17, 15) is 19.4 Å². The summed E-state index contributed by atoms with van der Waals surface area (Å²) in [4.78, 5) is 35.8. The molecule has 0 saturated carbocycles. The lowest BCUT2D eigenvalue weighted by atomic mass is 9.72. The molecule has 1 aromatic carbocycles. The largest absolute Gasteiger partial charge is 0.547 e. The Balaban J connectivity index is 2.06. The third-order valence-electron chi connectivity index (χ3n) is 4.03. The second-order valence-electron chi connectivity index (χ2n) is 6.94. The number of nitrogens with one attached hydrogen (secondary N) is 1. The van der Waals surface area contributed by atoms with Crippen molar-refractivity contribution in [3.8, 4) is 5.75 Å². The number of amides is 1. The average Bonchev–Trinajstić information content (AvgIpc) is 2.61. The number of para-hydroxylation sites is 1. The van der Waals surface area contributed by atoms with Gasteiger partial charge in [-0.2, -0.15) is 0 Å². The maximum Gasteiger partial charge on any atom is 0.547 e. The van der Waals surface area contributed by atoms with Crippen molar-refractivity contribution in [2.75, 3.05) is 0 Å². The Labute approximate surface area is 169 Å². The van der Waals surface area contributed by atoms with Crippen LogP contribution in [0.3, 0.4) is 0 Å². The van der Waals surface area contributed by atoms with Crippen LogP contribution in [0.15, 0.2) is 18.2 Å². The van der Waals surface area contributed by atoms with E-state index in [1.807, 2.05) is 6.92 Å². The van der Waals surface area contributed by atoms with E-state index in [0.29, 0.717) is 24.8 Å². The number of rotatable bonds is 7. The first kappa shape index (κ1) is 22.5. The van der Waals surface area contributed by atoms with E-state index < -0.39 is 31.5 Å².